The molecule has 5 heteroatoms. The quantitative estimate of drug-likeness (QED) is 0.523. The predicted octanol–water partition coefficient (Wildman–Crippen LogP) is 4.82. The van der Waals surface area contributed by atoms with E-state index in [1.54, 1.807) is 0 Å². The summed E-state index contributed by atoms with van der Waals surface area (Å²) >= 11 is 1.54. The number of nitrogens with one attached hydrogen (secondary N) is 1. The van der Waals surface area contributed by atoms with E-state index in [0.29, 0.717) is 18.8 Å². The van der Waals surface area contributed by atoms with Crippen molar-refractivity contribution in [3.8, 4) is 0 Å². The normalized spacial score (nSPS) is 12.3. The van der Waals surface area contributed by atoms with Crippen LogP contribution in [0.15, 0.2) is 29.4 Å². The summed E-state index contributed by atoms with van der Waals surface area (Å²) in [6.07, 6.45) is 4.16. The number of benzene rings is 1. The maximum Gasteiger partial charge on any atom is 0.220 e. The number of thioether (sulfide) groups is 1. The zero-order chi connectivity index (χ0) is 20.0. The van der Waals surface area contributed by atoms with E-state index < -0.39 is 0 Å². The van der Waals surface area contributed by atoms with Gasteiger partial charge in [-0.15, -0.1) is 0 Å². The fraction of sp³-hybridized carbons (Fsp3) is 0.500. The Balaban J connectivity index is 1.92. The summed E-state index contributed by atoms with van der Waals surface area (Å²) in [4.78, 5) is 21.4. The van der Waals surface area contributed by atoms with Crippen molar-refractivity contribution in [1.82, 2.24) is 15.3 Å². The molecule has 0 bridgehead atoms. The van der Waals surface area contributed by atoms with E-state index in [0.717, 1.165) is 34.1 Å². The van der Waals surface area contributed by atoms with Crippen molar-refractivity contribution in [3.63, 3.8) is 0 Å². The summed E-state index contributed by atoms with van der Waals surface area (Å²) < 4.78 is 0. The lowest BCUT2D eigenvalue weighted by atomic mass is 10.00. The number of carbonyl (C=O) groups excluding carboxylic acids is 1. The van der Waals surface area contributed by atoms with Gasteiger partial charge in [-0.2, -0.15) is 0 Å². The number of nitrogens with zero attached hydrogens (tertiary/aromatic N) is 2. The highest BCUT2D eigenvalue weighted by atomic mass is 32.2. The molecule has 1 amide bonds. The van der Waals surface area contributed by atoms with Gasteiger partial charge in [0.15, 0.2) is 5.16 Å². The highest BCUT2D eigenvalue weighted by molar-refractivity contribution is 7.98. The van der Waals surface area contributed by atoms with E-state index in [9.17, 15) is 4.79 Å². The molecular formula is C22H31N3OS. The Kier molecular flexibility index (Phi) is 7.84. The van der Waals surface area contributed by atoms with Crippen LogP contribution in [-0.2, 0) is 17.6 Å². The Bertz CT molecular complexity index is 749. The first-order valence-corrected chi connectivity index (χ1v) is 10.8. The van der Waals surface area contributed by atoms with Crippen molar-refractivity contribution in [3.05, 3.63) is 52.3 Å². The summed E-state index contributed by atoms with van der Waals surface area (Å²) in [6, 6.07) is 8.56. The lowest BCUT2D eigenvalue weighted by molar-refractivity contribution is -0.121. The number of hydrogen-bond acceptors (Lipinski definition) is 4. The molecule has 2 rings (SSSR count). The lowest BCUT2D eigenvalue weighted by Crippen LogP contribution is -2.27. The van der Waals surface area contributed by atoms with E-state index in [2.05, 4.69) is 53.4 Å². The average molecular weight is 386 g/mol. The van der Waals surface area contributed by atoms with Crippen LogP contribution in [0.25, 0.3) is 0 Å². The molecule has 0 aliphatic carbocycles. The molecule has 146 valence electrons. The molecule has 1 atom stereocenters. The number of aromatic nitrogens is 2. The molecule has 0 fully saturated rings. The van der Waals surface area contributed by atoms with Gasteiger partial charge >= 0.3 is 0 Å². The zero-order valence-electron chi connectivity index (χ0n) is 17.3. The minimum Gasteiger partial charge on any atom is -0.350 e. The van der Waals surface area contributed by atoms with Gasteiger partial charge in [0, 0.05) is 17.8 Å². The first-order valence-electron chi connectivity index (χ1n) is 9.56. The fourth-order valence-corrected chi connectivity index (χ4v) is 3.67. The maximum absolute atomic E-state index is 12.4. The van der Waals surface area contributed by atoms with Gasteiger partial charge in [0.1, 0.15) is 0 Å². The van der Waals surface area contributed by atoms with Gasteiger partial charge in [0.05, 0.1) is 6.04 Å². The van der Waals surface area contributed by atoms with Gasteiger partial charge in [-0.25, -0.2) is 9.97 Å². The Morgan fingerprint density at radius 1 is 1.07 bits per heavy atom. The lowest BCUT2D eigenvalue weighted by Gasteiger charge is -2.16. The van der Waals surface area contributed by atoms with Gasteiger partial charge < -0.3 is 5.32 Å². The van der Waals surface area contributed by atoms with E-state index in [-0.39, 0.29) is 11.9 Å². The first-order chi connectivity index (χ1) is 12.8. The second-order valence-corrected chi connectivity index (χ2v) is 8.26. The molecule has 4 nitrogen and oxygen atoms in total. The average Bonchev–Trinajstić information content (AvgIpc) is 2.60. The van der Waals surface area contributed by atoms with Crippen molar-refractivity contribution < 1.29 is 4.79 Å². The monoisotopic (exact) mass is 385 g/mol. The van der Waals surface area contributed by atoms with E-state index in [1.807, 2.05) is 27.0 Å². The van der Waals surface area contributed by atoms with E-state index in [4.69, 9.17) is 0 Å². The molecule has 2 aromatic rings. The maximum atomic E-state index is 12.4. The zero-order valence-corrected chi connectivity index (χ0v) is 18.1. The van der Waals surface area contributed by atoms with Crippen molar-refractivity contribution in [2.45, 2.75) is 65.1 Å². The van der Waals surface area contributed by atoms with Gasteiger partial charge in [0.25, 0.3) is 0 Å². The topological polar surface area (TPSA) is 54.9 Å². The molecule has 0 spiro atoms. The minimum absolute atomic E-state index is 0.00270. The standard InChI is InChI=1S/C22H31N3OS/c1-14(2)13-18-7-9-19(10-8-18)15(3)23-21(26)12-11-20-16(4)24-22(27-6)25-17(20)5/h7-10,14-15H,11-13H2,1-6H3,(H,23,26). The van der Waals surface area contributed by atoms with Crippen LogP contribution in [0, 0.1) is 19.8 Å². The molecule has 1 unspecified atom stereocenters. The summed E-state index contributed by atoms with van der Waals surface area (Å²) in [5.74, 6) is 0.704. The summed E-state index contributed by atoms with van der Waals surface area (Å²) in [6.45, 7) is 10.5. The molecule has 1 N–H and O–H groups in total. The summed E-state index contributed by atoms with van der Waals surface area (Å²) in [5.41, 5.74) is 5.48. The van der Waals surface area contributed by atoms with Crippen LogP contribution < -0.4 is 5.32 Å². The van der Waals surface area contributed by atoms with Gasteiger partial charge in [-0.05, 0) is 62.5 Å². The molecule has 0 aliphatic heterocycles. The minimum atomic E-state index is 0.00270. The third-order valence-corrected chi connectivity index (χ3v) is 5.23. The van der Waals surface area contributed by atoms with Gasteiger partial charge in [-0.3, -0.25) is 4.79 Å². The Hall–Kier alpha value is -1.88. The highest BCUT2D eigenvalue weighted by Gasteiger charge is 2.13. The molecule has 0 saturated carbocycles. The van der Waals surface area contributed by atoms with Crippen LogP contribution in [0.4, 0.5) is 0 Å². The second-order valence-electron chi connectivity index (χ2n) is 7.49. The highest BCUT2D eigenvalue weighted by Crippen LogP contribution is 2.18. The number of hydrogen-bond donors (Lipinski definition) is 1. The predicted molar refractivity (Wildman–Crippen MR) is 113 cm³/mol. The number of aryl methyl sites for hydroxylation is 2. The molecule has 1 aromatic carbocycles. The first kappa shape index (κ1) is 21.4. The molecule has 1 heterocycles. The van der Waals surface area contributed by atoms with Crippen molar-refractivity contribution >= 4 is 17.7 Å². The van der Waals surface area contributed by atoms with Gasteiger partial charge in [-0.1, -0.05) is 49.9 Å². The third kappa shape index (κ3) is 6.35. The van der Waals surface area contributed by atoms with Gasteiger partial charge in [0.2, 0.25) is 5.91 Å². The molecule has 1 aromatic heterocycles. The molecule has 27 heavy (non-hydrogen) atoms. The smallest absolute Gasteiger partial charge is 0.220 e. The fourth-order valence-electron chi connectivity index (χ4n) is 3.21. The Morgan fingerprint density at radius 2 is 1.67 bits per heavy atom. The van der Waals surface area contributed by atoms with Crippen LogP contribution in [0.1, 0.15) is 61.3 Å². The molecular weight excluding hydrogens is 354 g/mol. The molecule has 0 saturated heterocycles. The number of carbonyl (C=O) groups is 1. The van der Waals surface area contributed by atoms with E-state index in [1.165, 1.54) is 17.3 Å². The SMILES string of the molecule is CSc1nc(C)c(CCC(=O)NC(C)c2ccc(CC(C)C)cc2)c(C)n1. The van der Waals surface area contributed by atoms with E-state index >= 15 is 0 Å². The van der Waals surface area contributed by atoms with Crippen LogP contribution in [0.5, 0.6) is 0 Å². The largest absolute Gasteiger partial charge is 0.350 e. The Labute approximate surface area is 167 Å². The van der Waals surface area contributed by atoms with Crippen molar-refractivity contribution in [1.29, 1.82) is 0 Å². The molecule has 0 aliphatic rings. The van der Waals surface area contributed by atoms with Crippen LogP contribution >= 0.6 is 11.8 Å². The second kappa shape index (κ2) is 9.88. The Morgan fingerprint density at radius 3 is 2.19 bits per heavy atom. The van der Waals surface area contributed by atoms with Crippen molar-refractivity contribution in [2.24, 2.45) is 5.92 Å². The van der Waals surface area contributed by atoms with Crippen LogP contribution in [0.3, 0.4) is 0 Å². The van der Waals surface area contributed by atoms with Crippen LogP contribution in [-0.4, -0.2) is 22.1 Å². The third-order valence-electron chi connectivity index (χ3n) is 4.69. The summed E-state index contributed by atoms with van der Waals surface area (Å²) in [5, 5.41) is 3.89. The summed E-state index contributed by atoms with van der Waals surface area (Å²) in [7, 11) is 0. The number of amides is 1. The van der Waals surface area contributed by atoms with Crippen molar-refractivity contribution in [2.75, 3.05) is 6.26 Å². The molecule has 0 radical (unpaired) electrons. The van der Waals surface area contributed by atoms with Crippen LogP contribution in [0.2, 0.25) is 0 Å². The number of rotatable bonds is 8.